The van der Waals surface area contributed by atoms with Crippen molar-refractivity contribution in [3.05, 3.63) is 24.3 Å². The third kappa shape index (κ3) is 3.73. The standard InChI is InChI=1S/C18H29N3O/c1-6-18(3,4)19-17(22)13-21-14(2)11-12-20(5)15-9-7-8-10-16(15)21/h7-10,14H,6,11-13H2,1-5H3,(H,19,22). The topological polar surface area (TPSA) is 35.6 Å². The fraction of sp³-hybridized carbons (Fsp3) is 0.611. The molecule has 1 aromatic rings. The number of hydrogen-bond donors (Lipinski definition) is 1. The lowest BCUT2D eigenvalue weighted by Crippen LogP contribution is -2.49. The zero-order chi connectivity index (χ0) is 16.3. The SMILES string of the molecule is CCC(C)(C)NC(=O)CN1c2ccccc2N(C)CCC1C. The minimum absolute atomic E-state index is 0.0954. The van der Waals surface area contributed by atoms with Crippen LogP contribution in [0.4, 0.5) is 11.4 Å². The van der Waals surface area contributed by atoms with Crippen molar-refractivity contribution in [3.63, 3.8) is 0 Å². The van der Waals surface area contributed by atoms with Gasteiger partial charge in [-0.15, -0.1) is 0 Å². The number of benzene rings is 1. The number of anilines is 2. The Kier molecular flexibility index (Phi) is 4.99. The van der Waals surface area contributed by atoms with E-state index in [0.717, 1.165) is 25.1 Å². The average Bonchev–Trinajstić information content (AvgIpc) is 2.59. The van der Waals surface area contributed by atoms with Gasteiger partial charge in [0.1, 0.15) is 0 Å². The largest absolute Gasteiger partial charge is 0.373 e. The van der Waals surface area contributed by atoms with Gasteiger partial charge in [-0.05, 0) is 45.7 Å². The van der Waals surface area contributed by atoms with Crippen molar-refractivity contribution in [3.8, 4) is 0 Å². The normalized spacial score (nSPS) is 18.7. The van der Waals surface area contributed by atoms with Crippen molar-refractivity contribution in [2.45, 2.75) is 52.1 Å². The molecule has 4 nitrogen and oxygen atoms in total. The summed E-state index contributed by atoms with van der Waals surface area (Å²) in [6.45, 7) is 9.86. The molecule has 0 aromatic heterocycles. The molecule has 1 N–H and O–H groups in total. The van der Waals surface area contributed by atoms with E-state index in [4.69, 9.17) is 0 Å². The third-order valence-corrected chi connectivity index (χ3v) is 4.69. The molecule has 1 amide bonds. The monoisotopic (exact) mass is 303 g/mol. The number of fused-ring (bicyclic) bond motifs is 1. The van der Waals surface area contributed by atoms with E-state index in [2.05, 4.69) is 68.1 Å². The summed E-state index contributed by atoms with van der Waals surface area (Å²) in [7, 11) is 2.12. The second kappa shape index (κ2) is 6.59. The second-order valence-electron chi connectivity index (χ2n) is 6.96. The zero-order valence-electron chi connectivity index (χ0n) is 14.5. The van der Waals surface area contributed by atoms with E-state index < -0.39 is 0 Å². The van der Waals surface area contributed by atoms with Crippen molar-refractivity contribution in [1.82, 2.24) is 5.32 Å². The van der Waals surface area contributed by atoms with Crippen molar-refractivity contribution < 1.29 is 4.79 Å². The molecule has 2 rings (SSSR count). The van der Waals surface area contributed by atoms with Crippen molar-refractivity contribution >= 4 is 17.3 Å². The average molecular weight is 303 g/mol. The molecule has 0 aliphatic carbocycles. The van der Waals surface area contributed by atoms with Gasteiger partial charge in [0.2, 0.25) is 5.91 Å². The summed E-state index contributed by atoms with van der Waals surface area (Å²) in [5, 5.41) is 3.14. The first-order valence-corrected chi connectivity index (χ1v) is 8.22. The highest BCUT2D eigenvalue weighted by atomic mass is 16.2. The molecule has 122 valence electrons. The van der Waals surface area contributed by atoms with Crippen LogP contribution in [0.2, 0.25) is 0 Å². The smallest absolute Gasteiger partial charge is 0.239 e. The van der Waals surface area contributed by atoms with Crippen LogP contribution in [-0.2, 0) is 4.79 Å². The molecular weight excluding hydrogens is 274 g/mol. The van der Waals surface area contributed by atoms with Crippen LogP contribution in [0.3, 0.4) is 0 Å². The lowest BCUT2D eigenvalue weighted by atomic mass is 10.0. The Balaban J connectivity index is 2.21. The highest BCUT2D eigenvalue weighted by Gasteiger charge is 2.26. The highest BCUT2D eigenvalue weighted by molar-refractivity contribution is 5.84. The number of nitrogens with zero attached hydrogens (tertiary/aromatic N) is 2. The first-order chi connectivity index (χ1) is 10.3. The summed E-state index contributed by atoms with van der Waals surface area (Å²) in [5.41, 5.74) is 2.21. The number of rotatable bonds is 4. The molecule has 1 aliphatic rings. The van der Waals surface area contributed by atoms with Crippen molar-refractivity contribution in [1.29, 1.82) is 0 Å². The van der Waals surface area contributed by atoms with E-state index >= 15 is 0 Å². The Morgan fingerprint density at radius 3 is 2.59 bits per heavy atom. The molecule has 1 heterocycles. The molecule has 1 unspecified atom stereocenters. The Morgan fingerprint density at radius 1 is 1.32 bits per heavy atom. The van der Waals surface area contributed by atoms with Crippen LogP contribution in [0.1, 0.15) is 40.5 Å². The molecule has 22 heavy (non-hydrogen) atoms. The van der Waals surface area contributed by atoms with Crippen molar-refractivity contribution in [2.75, 3.05) is 29.9 Å². The van der Waals surface area contributed by atoms with Gasteiger partial charge < -0.3 is 15.1 Å². The molecule has 0 saturated carbocycles. The number of amides is 1. The minimum Gasteiger partial charge on any atom is -0.373 e. The van der Waals surface area contributed by atoms with E-state index in [-0.39, 0.29) is 11.4 Å². The van der Waals surface area contributed by atoms with Crippen LogP contribution < -0.4 is 15.1 Å². The maximum absolute atomic E-state index is 12.5. The molecule has 1 atom stereocenters. The highest BCUT2D eigenvalue weighted by Crippen LogP contribution is 2.33. The van der Waals surface area contributed by atoms with Gasteiger partial charge >= 0.3 is 0 Å². The van der Waals surface area contributed by atoms with E-state index in [1.807, 2.05) is 6.07 Å². The number of carbonyl (C=O) groups is 1. The van der Waals surface area contributed by atoms with Gasteiger partial charge in [0, 0.05) is 25.2 Å². The fourth-order valence-corrected chi connectivity index (χ4v) is 2.83. The molecular formula is C18H29N3O. The number of nitrogens with one attached hydrogen (secondary N) is 1. The zero-order valence-corrected chi connectivity index (χ0v) is 14.5. The molecule has 0 fully saturated rings. The van der Waals surface area contributed by atoms with Gasteiger partial charge in [-0.25, -0.2) is 0 Å². The molecule has 1 aliphatic heterocycles. The van der Waals surface area contributed by atoms with E-state index in [1.165, 1.54) is 5.69 Å². The van der Waals surface area contributed by atoms with E-state index in [9.17, 15) is 4.79 Å². The lowest BCUT2D eigenvalue weighted by Gasteiger charge is -2.32. The summed E-state index contributed by atoms with van der Waals surface area (Å²) in [6, 6.07) is 8.71. The van der Waals surface area contributed by atoms with Gasteiger partial charge in [0.15, 0.2) is 0 Å². The van der Waals surface area contributed by atoms with Crippen LogP contribution in [0, 0.1) is 0 Å². The minimum atomic E-state index is -0.150. The lowest BCUT2D eigenvalue weighted by molar-refractivity contribution is -0.121. The first kappa shape index (κ1) is 16.7. The predicted octanol–water partition coefficient (Wildman–Crippen LogP) is 3.03. The number of para-hydroxylation sites is 2. The van der Waals surface area contributed by atoms with Gasteiger partial charge in [-0.1, -0.05) is 19.1 Å². The van der Waals surface area contributed by atoms with Gasteiger partial charge in [-0.3, -0.25) is 4.79 Å². The van der Waals surface area contributed by atoms with Crippen molar-refractivity contribution in [2.24, 2.45) is 0 Å². The predicted molar refractivity (Wildman–Crippen MR) is 93.6 cm³/mol. The van der Waals surface area contributed by atoms with Gasteiger partial charge in [0.05, 0.1) is 17.9 Å². The molecule has 0 saturated heterocycles. The summed E-state index contributed by atoms with van der Waals surface area (Å²) >= 11 is 0. The molecule has 0 radical (unpaired) electrons. The van der Waals surface area contributed by atoms with E-state index in [0.29, 0.717) is 12.6 Å². The Hall–Kier alpha value is -1.71. The van der Waals surface area contributed by atoms with Crippen LogP contribution >= 0.6 is 0 Å². The molecule has 1 aromatic carbocycles. The quantitative estimate of drug-likeness (QED) is 0.928. The molecule has 4 heteroatoms. The van der Waals surface area contributed by atoms with Crippen LogP contribution in [0.5, 0.6) is 0 Å². The van der Waals surface area contributed by atoms with Gasteiger partial charge in [-0.2, -0.15) is 0 Å². The van der Waals surface area contributed by atoms with Crippen LogP contribution in [-0.4, -0.2) is 37.6 Å². The third-order valence-electron chi connectivity index (χ3n) is 4.69. The van der Waals surface area contributed by atoms with Crippen LogP contribution in [0.25, 0.3) is 0 Å². The Labute approximate surface area is 134 Å². The van der Waals surface area contributed by atoms with Gasteiger partial charge in [0.25, 0.3) is 0 Å². The summed E-state index contributed by atoms with van der Waals surface area (Å²) in [5.74, 6) is 0.0954. The number of carbonyl (C=O) groups excluding carboxylic acids is 1. The molecule has 0 bridgehead atoms. The van der Waals surface area contributed by atoms with E-state index in [1.54, 1.807) is 0 Å². The fourth-order valence-electron chi connectivity index (χ4n) is 2.83. The first-order valence-electron chi connectivity index (χ1n) is 8.22. The maximum atomic E-state index is 12.5. The summed E-state index contributed by atoms with van der Waals surface area (Å²) in [4.78, 5) is 17.0. The maximum Gasteiger partial charge on any atom is 0.239 e. The summed E-state index contributed by atoms with van der Waals surface area (Å²) in [6.07, 6.45) is 1.98. The second-order valence-corrected chi connectivity index (χ2v) is 6.96. The van der Waals surface area contributed by atoms with Crippen LogP contribution in [0.15, 0.2) is 24.3 Å². The molecule has 0 spiro atoms. The summed E-state index contributed by atoms with van der Waals surface area (Å²) < 4.78 is 0. The Morgan fingerprint density at radius 2 is 1.95 bits per heavy atom. The Bertz CT molecular complexity index is 527. The number of hydrogen-bond acceptors (Lipinski definition) is 3.